The van der Waals surface area contributed by atoms with Crippen LogP contribution < -0.4 is 25.0 Å². The molecule has 1 heterocycles. The fraction of sp³-hybridized carbons (Fsp3) is 0.115. The lowest BCUT2D eigenvalue weighted by Crippen LogP contribution is -2.32. The predicted molar refractivity (Wildman–Crippen MR) is 134 cm³/mol. The zero-order valence-corrected chi connectivity index (χ0v) is 20.0. The van der Waals surface area contributed by atoms with E-state index in [2.05, 4.69) is 10.6 Å². The van der Waals surface area contributed by atoms with E-state index in [1.807, 2.05) is 13.0 Å². The Bertz CT molecular complexity index is 1350. The van der Waals surface area contributed by atoms with Gasteiger partial charge in [0.1, 0.15) is 22.2 Å². The van der Waals surface area contributed by atoms with Gasteiger partial charge in [0.15, 0.2) is 0 Å². The van der Waals surface area contributed by atoms with Gasteiger partial charge in [0.05, 0.1) is 19.9 Å². The van der Waals surface area contributed by atoms with Crippen LogP contribution in [0.5, 0.6) is 11.5 Å². The van der Waals surface area contributed by atoms with Crippen LogP contribution in [0, 0.1) is 6.92 Å². The van der Waals surface area contributed by atoms with E-state index in [0.717, 1.165) is 10.5 Å². The quantitative estimate of drug-likeness (QED) is 0.465. The monoisotopic (exact) mass is 491 g/mol. The number of anilines is 3. The van der Waals surface area contributed by atoms with E-state index in [-0.39, 0.29) is 16.6 Å². The van der Waals surface area contributed by atoms with Crippen LogP contribution in [0.2, 0.25) is 0 Å². The number of aryl methyl sites for hydroxylation is 1. The van der Waals surface area contributed by atoms with Crippen molar-refractivity contribution in [3.63, 3.8) is 0 Å². The van der Waals surface area contributed by atoms with Crippen LogP contribution in [0.1, 0.15) is 15.9 Å². The van der Waals surface area contributed by atoms with E-state index < -0.39 is 11.8 Å². The second-order valence-corrected chi connectivity index (χ2v) is 8.08. The summed E-state index contributed by atoms with van der Waals surface area (Å²) >= 11 is 6.26. The first-order valence-electron chi connectivity index (χ1n) is 10.6. The number of nitrogens with one attached hydrogen (secondary N) is 2. The summed E-state index contributed by atoms with van der Waals surface area (Å²) in [7, 11) is 3.02. The molecule has 178 valence electrons. The normalized spacial score (nSPS) is 13.2. The minimum absolute atomic E-state index is 0.0899. The molecule has 0 aliphatic carbocycles. The second-order valence-electron chi connectivity index (χ2n) is 7.70. The van der Waals surface area contributed by atoms with E-state index in [1.165, 1.54) is 7.11 Å². The number of carbonyl (C=O) groups excluding carboxylic acids is 3. The number of rotatable bonds is 7. The van der Waals surface area contributed by atoms with Crippen molar-refractivity contribution >= 4 is 46.4 Å². The van der Waals surface area contributed by atoms with E-state index in [1.54, 1.807) is 67.8 Å². The van der Waals surface area contributed by atoms with Crippen molar-refractivity contribution in [3.8, 4) is 11.5 Å². The van der Waals surface area contributed by atoms with E-state index >= 15 is 0 Å². The van der Waals surface area contributed by atoms with Gasteiger partial charge in [-0.25, -0.2) is 4.90 Å². The maximum atomic E-state index is 13.2. The van der Waals surface area contributed by atoms with Crippen LogP contribution in [0.25, 0.3) is 0 Å². The van der Waals surface area contributed by atoms with Gasteiger partial charge in [0.25, 0.3) is 17.7 Å². The van der Waals surface area contributed by atoms with Crippen LogP contribution in [-0.2, 0) is 9.59 Å². The number of benzene rings is 3. The average molecular weight is 492 g/mol. The molecular formula is C26H22ClN3O5. The minimum Gasteiger partial charge on any atom is -0.497 e. The molecule has 3 aromatic carbocycles. The standard InChI is InChI=1S/C26H22ClN3O5/c1-15-7-12-21(35-3)20(13-15)30-25(32)22(27)23(26(30)33)28-18-6-4-5-16(14-18)24(31)29-17-8-10-19(34-2)11-9-17/h4-14,28H,1-3H3,(H,29,31). The summed E-state index contributed by atoms with van der Waals surface area (Å²) in [5.41, 5.74) is 2.41. The van der Waals surface area contributed by atoms with Crippen LogP contribution in [0.3, 0.4) is 0 Å². The maximum absolute atomic E-state index is 13.2. The lowest BCUT2D eigenvalue weighted by Gasteiger charge is -2.18. The molecule has 0 bridgehead atoms. The molecule has 35 heavy (non-hydrogen) atoms. The Balaban J connectivity index is 1.55. The van der Waals surface area contributed by atoms with Crippen molar-refractivity contribution in [2.24, 2.45) is 0 Å². The zero-order valence-electron chi connectivity index (χ0n) is 19.2. The summed E-state index contributed by atoms with van der Waals surface area (Å²) < 4.78 is 10.4. The first-order valence-corrected chi connectivity index (χ1v) is 11.0. The lowest BCUT2D eigenvalue weighted by atomic mass is 10.1. The van der Waals surface area contributed by atoms with Crippen molar-refractivity contribution in [1.82, 2.24) is 0 Å². The number of hydrogen-bond acceptors (Lipinski definition) is 6. The van der Waals surface area contributed by atoms with Crippen LogP contribution in [0.15, 0.2) is 77.5 Å². The summed E-state index contributed by atoms with van der Waals surface area (Å²) in [5.74, 6) is -0.611. The summed E-state index contributed by atoms with van der Waals surface area (Å²) in [6.45, 7) is 1.84. The van der Waals surface area contributed by atoms with Crippen LogP contribution in [-0.4, -0.2) is 31.9 Å². The summed E-state index contributed by atoms with van der Waals surface area (Å²) in [5, 5.41) is 5.44. The van der Waals surface area contributed by atoms with Gasteiger partial charge < -0.3 is 20.1 Å². The number of ether oxygens (including phenoxy) is 2. The Hall–Kier alpha value is -4.30. The number of methoxy groups -OCH3 is 2. The predicted octanol–water partition coefficient (Wildman–Crippen LogP) is 4.70. The number of halogens is 1. The second kappa shape index (κ2) is 9.90. The Labute approximate surface area is 207 Å². The first-order chi connectivity index (χ1) is 16.8. The van der Waals surface area contributed by atoms with Crippen LogP contribution >= 0.6 is 11.6 Å². The van der Waals surface area contributed by atoms with Gasteiger partial charge in [0.2, 0.25) is 0 Å². The van der Waals surface area contributed by atoms with Crippen molar-refractivity contribution in [1.29, 1.82) is 0 Å². The Morgan fingerprint density at radius 3 is 2.31 bits per heavy atom. The molecule has 0 spiro atoms. The molecular weight excluding hydrogens is 470 g/mol. The van der Waals surface area contributed by atoms with E-state index in [0.29, 0.717) is 34.1 Å². The molecule has 2 N–H and O–H groups in total. The highest BCUT2D eigenvalue weighted by atomic mass is 35.5. The number of imide groups is 1. The lowest BCUT2D eigenvalue weighted by molar-refractivity contribution is -0.120. The Morgan fingerprint density at radius 1 is 0.886 bits per heavy atom. The molecule has 0 fully saturated rings. The number of nitrogens with zero attached hydrogens (tertiary/aromatic N) is 1. The topological polar surface area (TPSA) is 97.0 Å². The van der Waals surface area contributed by atoms with Gasteiger partial charge in [-0.3, -0.25) is 14.4 Å². The highest BCUT2D eigenvalue weighted by molar-refractivity contribution is 6.53. The number of hydrogen-bond donors (Lipinski definition) is 2. The molecule has 0 unspecified atom stereocenters. The highest BCUT2D eigenvalue weighted by Crippen LogP contribution is 2.36. The molecule has 1 aliphatic rings. The summed E-state index contributed by atoms with van der Waals surface area (Å²) in [6.07, 6.45) is 0. The van der Waals surface area contributed by atoms with Gasteiger partial charge in [-0.1, -0.05) is 23.7 Å². The van der Waals surface area contributed by atoms with Gasteiger partial charge in [-0.15, -0.1) is 0 Å². The first kappa shape index (κ1) is 23.8. The molecule has 0 radical (unpaired) electrons. The van der Waals surface area contributed by atoms with Crippen molar-refractivity contribution in [2.45, 2.75) is 6.92 Å². The molecule has 1 aliphatic heterocycles. The third-order valence-corrected chi connectivity index (χ3v) is 5.70. The molecule has 3 amide bonds. The molecule has 8 nitrogen and oxygen atoms in total. The van der Waals surface area contributed by atoms with Gasteiger partial charge in [0, 0.05) is 16.9 Å². The fourth-order valence-electron chi connectivity index (χ4n) is 3.57. The molecule has 4 rings (SSSR count). The SMILES string of the molecule is COc1ccc(NC(=O)c2cccc(NC3=C(Cl)C(=O)N(c4cc(C)ccc4OC)C3=O)c2)cc1. The maximum Gasteiger partial charge on any atom is 0.283 e. The Morgan fingerprint density at radius 2 is 1.63 bits per heavy atom. The highest BCUT2D eigenvalue weighted by Gasteiger charge is 2.40. The smallest absolute Gasteiger partial charge is 0.283 e. The molecule has 0 saturated heterocycles. The van der Waals surface area contributed by atoms with Crippen molar-refractivity contribution in [2.75, 3.05) is 29.8 Å². The fourth-order valence-corrected chi connectivity index (χ4v) is 3.78. The third kappa shape index (κ3) is 4.83. The number of carbonyl (C=O) groups is 3. The van der Waals surface area contributed by atoms with Crippen molar-refractivity contribution < 1.29 is 23.9 Å². The minimum atomic E-state index is -0.670. The van der Waals surface area contributed by atoms with E-state index in [9.17, 15) is 14.4 Å². The van der Waals surface area contributed by atoms with E-state index in [4.69, 9.17) is 21.1 Å². The molecule has 0 aromatic heterocycles. The number of amides is 3. The zero-order chi connectivity index (χ0) is 25.1. The van der Waals surface area contributed by atoms with Gasteiger partial charge >= 0.3 is 0 Å². The molecule has 9 heteroatoms. The molecule has 0 saturated carbocycles. The third-order valence-electron chi connectivity index (χ3n) is 5.34. The van der Waals surface area contributed by atoms with Crippen molar-refractivity contribution in [3.05, 3.63) is 88.6 Å². The largest absolute Gasteiger partial charge is 0.497 e. The molecule has 3 aromatic rings. The average Bonchev–Trinajstić information content (AvgIpc) is 3.07. The summed E-state index contributed by atoms with van der Waals surface area (Å²) in [6, 6.07) is 18.6. The van der Waals surface area contributed by atoms with Crippen LogP contribution in [0.4, 0.5) is 17.1 Å². The molecule has 0 atom stereocenters. The Kier molecular flexibility index (Phi) is 6.75. The van der Waals surface area contributed by atoms with Gasteiger partial charge in [-0.2, -0.15) is 0 Å². The summed E-state index contributed by atoms with van der Waals surface area (Å²) in [4.78, 5) is 39.7. The van der Waals surface area contributed by atoms with Gasteiger partial charge in [-0.05, 0) is 67.1 Å².